The van der Waals surface area contributed by atoms with Crippen molar-refractivity contribution in [1.82, 2.24) is 29.9 Å². The Labute approximate surface area is 156 Å². The molecule has 0 unspecified atom stereocenters. The zero-order chi connectivity index (χ0) is 20.0. The molecule has 0 atom stereocenters. The Morgan fingerprint density at radius 2 is 2.07 bits per heavy atom. The van der Waals surface area contributed by atoms with E-state index in [9.17, 15) is 22.4 Å². The lowest BCUT2D eigenvalue weighted by Crippen LogP contribution is -2.25. The summed E-state index contributed by atoms with van der Waals surface area (Å²) in [5.74, 6) is 0.143. The molecule has 0 fully saturated rings. The largest absolute Gasteiger partial charge is 0.352 e. The third kappa shape index (κ3) is 5.31. The highest BCUT2D eigenvalue weighted by molar-refractivity contribution is 7.99. The van der Waals surface area contributed by atoms with E-state index in [0.29, 0.717) is 24.3 Å². The van der Waals surface area contributed by atoms with E-state index in [1.165, 1.54) is 0 Å². The molecule has 1 N–H and O–H groups in total. The van der Waals surface area contributed by atoms with Gasteiger partial charge in [-0.1, -0.05) is 17.8 Å². The Bertz CT molecular complexity index is 791. The maximum absolute atomic E-state index is 13.1. The molecule has 148 valence electrons. The second-order valence-corrected chi connectivity index (χ2v) is 6.22. The van der Waals surface area contributed by atoms with Crippen molar-refractivity contribution in [2.24, 2.45) is 0 Å². The first-order valence-electron chi connectivity index (χ1n) is 7.93. The number of nitrogens with one attached hydrogen (secondary N) is 1. The van der Waals surface area contributed by atoms with Gasteiger partial charge in [-0.2, -0.15) is 5.10 Å². The van der Waals surface area contributed by atoms with Gasteiger partial charge in [-0.05, 0) is 13.0 Å². The van der Waals surface area contributed by atoms with Crippen LogP contribution >= 0.6 is 11.8 Å². The van der Waals surface area contributed by atoms with Crippen LogP contribution < -0.4 is 5.32 Å². The average molecular weight is 406 g/mol. The van der Waals surface area contributed by atoms with Crippen LogP contribution in [0.1, 0.15) is 37.0 Å². The van der Waals surface area contributed by atoms with Crippen LogP contribution in [0.5, 0.6) is 0 Å². The van der Waals surface area contributed by atoms with Crippen molar-refractivity contribution in [2.75, 3.05) is 12.3 Å². The van der Waals surface area contributed by atoms with Gasteiger partial charge in [0.1, 0.15) is 17.9 Å². The van der Waals surface area contributed by atoms with E-state index in [-0.39, 0.29) is 24.0 Å². The van der Waals surface area contributed by atoms with Gasteiger partial charge in [0, 0.05) is 13.1 Å². The minimum atomic E-state index is -2.95. The Morgan fingerprint density at radius 1 is 1.33 bits per heavy atom. The summed E-state index contributed by atoms with van der Waals surface area (Å²) in [5.41, 5.74) is -1.34. The highest BCUT2D eigenvalue weighted by Crippen LogP contribution is 2.26. The predicted octanol–water partition coefficient (Wildman–Crippen LogP) is 2.81. The number of nitrogens with zero attached hydrogens (tertiary/aromatic N) is 5. The van der Waals surface area contributed by atoms with Crippen LogP contribution in [-0.2, 0) is 17.9 Å². The fourth-order valence-electron chi connectivity index (χ4n) is 2.22. The molecule has 12 heteroatoms. The SMILES string of the molecule is C=CCNC(=O)CSc1nnc(Cn2nc(C(F)F)cc2C(F)F)n1CC. The maximum Gasteiger partial charge on any atom is 0.282 e. The Kier molecular flexibility index (Phi) is 7.39. The third-order valence-corrected chi connectivity index (χ3v) is 4.42. The third-order valence-electron chi connectivity index (χ3n) is 3.45. The van der Waals surface area contributed by atoms with Crippen molar-refractivity contribution in [3.05, 3.63) is 35.9 Å². The number of carbonyl (C=O) groups excluding carboxylic acids is 1. The van der Waals surface area contributed by atoms with E-state index in [1.807, 2.05) is 0 Å². The fourth-order valence-corrected chi connectivity index (χ4v) is 3.07. The smallest absolute Gasteiger partial charge is 0.282 e. The summed E-state index contributed by atoms with van der Waals surface area (Å²) in [7, 11) is 0. The molecule has 0 aliphatic heterocycles. The van der Waals surface area contributed by atoms with Crippen molar-refractivity contribution in [3.8, 4) is 0 Å². The van der Waals surface area contributed by atoms with Crippen LogP contribution in [0.15, 0.2) is 23.9 Å². The predicted molar refractivity (Wildman–Crippen MR) is 90.9 cm³/mol. The molecule has 2 rings (SSSR count). The molecule has 2 aromatic rings. The normalized spacial score (nSPS) is 11.4. The second-order valence-electron chi connectivity index (χ2n) is 5.28. The summed E-state index contributed by atoms with van der Waals surface area (Å²) in [5, 5.41) is 14.5. The highest BCUT2D eigenvalue weighted by atomic mass is 32.2. The van der Waals surface area contributed by atoms with Gasteiger partial charge in [-0.25, -0.2) is 17.6 Å². The monoisotopic (exact) mass is 406 g/mol. The van der Waals surface area contributed by atoms with Crippen molar-refractivity contribution < 1.29 is 22.4 Å². The lowest BCUT2D eigenvalue weighted by Gasteiger charge is -2.09. The summed E-state index contributed by atoms with van der Waals surface area (Å²) in [6, 6.07) is 0.682. The first-order valence-corrected chi connectivity index (χ1v) is 8.92. The molecule has 0 spiro atoms. The molecule has 0 aliphatic carbocycles. The number of aromatic nitrogens is 5. The number of halogens is 4. The van der Waals surface area contributed by atoms with Gasteiger partial charge < -0.3 is 9.88 Å². The van der Waals surface area contributed by atoms with Crippen molar-refractivity contribution in [1.29, 1.82) is 0 Å². The maximum atomic E-state index is 13.1. The Balaban J connectivity index is 2.17. The van der Waals surface area contributed by atoms with E-state index in [0.717, 1.165) is 16.4 Å². The number of hydrogen-bond donors (Lipinski definition) is 1. The van der Waals surface area contributed by atoms with E-state index in [4.69, 9.17) is 0 Å². The van der Waals surface area contributed by atoms with Gasteiger partial charge in [0.2, 0.25) is 5.91 Å². The quantitative estimate of drug-likeness (QED) is 0.373. The highest BCUT2D eigenvalue weighted by Gasteiger charge is 2.23. The minimum Gasteiger partial charge on any atom is -0.352 e. The van der Waals surface area contributed by atoms with Gasteiger partial charge in [0.05, 0.1) is 5.75 Å². The second kappa shape index (κ2) is 9.53. The molecule has 0 bridgehead atoms. The molecule has 0 saturated heterocycles. The molecular formula is C15H18F4N6OS. The van der Waals surface area contributed by atoms with Gasteiger partial charge in [-0.3, -0.25) is 9.48 Å². The summed E-state index contributed by atoms with van der Waals surface area (Å²) < 4.78 is 54.2. The average Bonchev–Trinajstić information content (AvgIpc) is 3.22. The van der Waals surface area contributed by atoms with Crippen LogP contribution in [0.25, 0.3) is 0 Å². The molecular weight excluding hydrogens is 388 g/mol. The van der Waals surface area contributed by atoms with Gasteiger partial charge >= 0.3 is 0 Å². The number of carbonyl (C=O) groups is 1. The van der Waals surface area contributed by atoms with Gasteiger partial charge in [-0.15, -0.1) is 16.8 Å². The van der Waals surface area contributed by atoms with Crippen molar-refractivity contribution in [3.63, 3.8) is 0 Å². The minimum absolute atomic E-state index is 0.0888. The molecule has 7 nitrogen and oxygen atoms in total. The van der Waals surface area contributed by atoms with E-state index in [1.54, 1.807) is 17.6 Å². The number of thioether (sulfide) groups is 1. The van der Waals surface area contributed by atoms with Gasteiger partial charge in [0.25, 0.3) is 12.9 Å². The van der Waals surface area contributed by atoms with Crippen molar-refractivity contribution in [2.45, 2.75) is 38.0 Å². The molecule has 1 amide bonds. The first kappa shape index (κ1) is 20.9. The van der Waals surface area contributed by atoms with Crippen LogP contribution in [0.4, 0.5) is 17.6 Å². The van der Waals surface area contributed by atoms with Crippen molar-refractivity contribution >= 4 is 17.7 Å². The van der Waals surface area contributed by atoms with Crippen LogP contribution in [0, 0.1) is 0 Å². The molecule has 27 heavy (non-hydrogen) atoms. The first-order chi connectivity index (χ1) is 12.9. The Hall–Kier alpha value is -2.37. The van der Waals surface area contributed by atoms with Gasteiger partial charge in [0.15, 0.2) is 11.0 Å². The van der Waals surface area contributed by atoms with E-state index >= 15 is 0 Å². The zero-order valence-electron chi connectivity index (χ0n) is 14.4. The summed E-state index contributed by atoms with van der Waals surface area (Å²) in [4.78, 5) is 11.7. The lowest BCUT2D eigenvalue weighted by molar-refractivity contribution is -0.118. The molecule has 2 heterocycles. The topological polar surface area (TPSA) is 77.6 Å². The number of hydrogen-bond acceptors (Lipinski definition) is 5. The van der Waals surface area contributed by atoms with E-state index < -0.39 is 24.2 Å². The standard InChI is InChI=1S/C15H18F4N6OS/c1-3-5-20-12(26)8-27-15-22-21-11(24(15)4-2)7-25-10(14(18)19)6-9(23-25)13(16)17/h3,6,13-14H,1,4-5,7-8H2,2H3,(H,20,26). The van der Waals surface area contributed by atoms with Crippen LogP contribution in [0.2, 0.25) is 0 Å². The molecule has 0 radical (unpaired) electrons. The fraction of sp³-hybridized carbons (Fsp3) is 0.467. The number of amides is 1. The van der Waals surface area contributed by atoms with Crippen LogP contribution in [-0.4, -0.2) is 42.7 Å². The van der Waals surface area contributed by atoms with Crippen LogP contribution in [0.3, 0.4) is 0 Å². The van der Waals surface area contributed by atoms with E-state index in [2.05, 4.69) is 27.2 Å². The lowest BCUT2D eigenvalue weighted by atomic mass is 10.3. The molecule has 2 aromatic heterocycles. The summed E-state index contributed by atoms with van der Waals surface area (Å²) >= 11 is 1.13. The Morgan fingerprint density at radius 3 is 2.67 bits per heavy atom. The summed E-state index contributed by atoms with van der Waals surface area (Å²) in [6.45, 7) is 5.79. The zero-order valence-corrected chi connectivity index (χ0v) is 15.2. The number of alkyl halides is 4. The number of rotatable bonds is 10. The summed E-state index contributed by atoms with van der Waals surface area (Å²) in [6.07, 6.45) is -4.36. The molecule has 0 aliphatic rings. The molecule has 0 aromatic carbocycles. The molecule has 0 saturated carbocycles.